The first-order chi connectivity index (χ1) is 13.1. The predicted molar refractivity (Wildman–Crippen MR) is 96.7 cm³/mol. The van der Waals surface area contributed by atoms with Crippen LogP contribution in [0.25, 0.3) is 0 Å². The van der Waals surface area contributed by atoms with E-state index >= 15 is 0 Å². The van der Waals surface area contributed by atoms with E-state index in [-0.39, 0.29) is 18.4 Å². The lowest BCUT2D eigenvalue weighted by atomic mass is 10.2. The molecule has 2 heterocycles. The highest BCUT2D eigenvalue weighted by molar-refractivity contribution is 5.98. The molecule has 1 atom stereocenters. The third-order valence-electron chi connectivity index (χ3n) is 4.38. The number of anilines is 2. The Morgan fingerprint density at radius 3 is 2.74 bits per heavy atom. The van der Waals surface area contributed by atoms with Gasteiger partial charge in [-0.25, -0.2) is 9.18 Å². The third-order valence-corrected chi connectivity index (χ3v) is 4.38. The molecule has 1 fully saturated rings. The zero-order valence-corrected chi connectivity index (χ0v) is 14.4. The minimum absolute atomic E-state index is 0.0947. The second kappa shape index (κ2) is 7.14. The Kier molecular flexibility index (Phi) is 4.53. The molecule has 0 bridgehead atoms. The number of ether oxygens (including phenoxy) is 2. The number of nitrogens with zero attached hydrogens (tertiary/aromatic N) is 1. The maximum Gasteiger partial charge on any atom is 0.319 e. The number of nitrogens with one attached hydrogen (secondary N) is 2. The van der Waals surface area contributed by atoms with Gasteiger partial charge in [-0.05, 0) is 30.3 Å². The second-order valence-electron chi connectivity index (χ2n) is 6.34. The maximum absolute atomic E-state index is 13.2. The molecule has 0 spiro atoms. The summed E-state index contributed by atoms with van der Waals surface area (Å²) in [5, 5.41) is 5.31. The number of rotatable bonds is 3. The van der Waals surface area contributed by atoms with Gasteiger partial charge in [0.2, 0.25) is 5.91 Å². The van der Waals surface area contributed by atoms with Gasteiger partial charge in [0.25, 0.3) is 0 Å². The standard InChI is InChI=1S/C19H18FN3O4/c20-12-2-1-3-13(8-12)21-19(25)22-14-9-18(24)23(11-14)15-4-5-16-17(10-15)27-7-6-26-16/h1-5,8,10,14H,6-7,9,11H2,(H2,21,22,25). The summed E-state index contributed by atoms with van der Waals surface area (Å²) in [5.74, 6) is 0.726. The fourth-order valence-corrected chi connectivity index (χ4v) is 3.17. The Morgan fingerprint density at radius 1 is 1.11 bits per heavy atom. The summed E-state index contributed by atoms with van der Waals surface area (Å²) in [7, 11) is 0. The molecular formula is C19H18FN3O4. The lowest BCUT2D eigenvalue weighted by molar-refractivity contribution is -0.117. The van der Waals surface area contributed by atoms with Crippen molar-refractivity contribution in [2.45, 2.75) is 12.5 Å². The van der Waals surface area contributed by atoms with Crippen LogP contribution < -0.4 is 25.0 Å². The summed E-state index contributed by atoms with van der Waals surface area (Å²) in [6.45, 7) is 1.31. The van der Waals surface area contributed by atoms with Crippen LogP contribution in [-0.4, -0.2) is 37.7 Å². The average Bonchev–Trinajstić information content (AvgIpc) is 3.01. The molecule has 1 saturated heterocycles. The molecule has 7 nitrogen and oxygen atoms in total. The first-order valence-corrected chi connectivity index (χ1v) is 8.61. The van der Waals surface area contributed by atoms with E-state index in [2.05, 4.69) is 10.6 Å². The summed E-state index contributed by atoms with van der Waals surface area (Å²) in [5.41, 5.74) is 1.04. The molecule has 2 aliphatic rings. The van der Waals surface area contributed by atoms with Gasteiger partial charge in [0.1, 0.15) is 19.0 Å². The number of benzene rings is 2. The van der Waals surface area contributed by atoms with Crippen LogP contribution >= 0.6 is 0 Å². The Balaban J connectivity index is 1.39. The number of amides is 3. The molecule has 0 saturated carbocycles. The van der Waals surface area contributed by atoms with Crippen molar-refractivity contribution in [2.75, 3.05) is 30.0 Å². The molecular weight excluding hydrogens is 353 g/mol. The second-order valence-corrected chi connectivity index (χ2v) is 6.34. The van der Waals surface area contributed by atoms with Crippen LogP contribution in [0.2, 0.25) is 0 Å². The largest absolute Gasteiger partial charge is 0.486 e. The Labute approximate surface area is 155 Å². The van der Waals surface area contributed by atoms with Crippen molar-refractivity contribution in [3.05, 3.63) is 48.3 Å². The number of urea groups is 1. The van der Waals surface area contributed by atoms with E-state index in [0.717, 1.165) is 0 Å². The molecule has 140 valence electrons. The molecule has 4 rings (SSSR count). The highest BCUT2D eigenvalue weighted by Crippen LogP contribution is 2.35. The van der Waals surface area contributed by atoms with Crippen LogP contribution in [-0.2, 0) is 4.79 Å². The van der Waals surface area contributed by atoms with Crippen LogP contribution in [0.1, 0.15) is 6.42 Å². The summed E-state index contributed by atoms with van der Waals surface area (Å²) in [6, 6.07) is 10.1. The topological polar surface area (TPSA) is 79.9 Å². The molecule has 8 heteroatoms. The number of fused-ring (bicyclic) bond motifs is 1. The molecule has 0 radical (unpaired) electrons. The van der Waals surface area contributed by atoms with Crippen molar-refractivity contribution < 1.29 is 23.5 Å². The maximum atomic E-state index is 13.2. The van der Waals surface area contributed by atoms with Gasteiger partial charge in [0, 0.05) is 30.4 Å². The van der Waals surface area contributed by atoms with E-state index in [9.17, 15) is 14.0 Å². The first-order valence-electron chi connectivity index (χ1n) is 8.61. The molecule has 0 aromatic heterocycles. The van der Waals surface area contributed by atoms with Gasteiger partial charge in [0.05, 0.1) is 6.04 Å². The number of hydrogen-bond donors (Lipinski definition) is 2. The van der Waals surface area contributed by atoms with Gasteiger partial charge in [-0.2, -0.15) is 0 Å². The van der Waals surface area contributed by atoms with Crippen molar-refractivity contribution in [2.24, 2.45) is 0 Å². The van der Waals surface area contributed by atoms with Crippen molar-refractivity contribution in [3.8, 4) is 11.5 Å². The SMILES string of the molecule is O=C(Nc1cccc(F)c1)NC1CC(=O)N(c2ccc3c(c2)OCCO3)C1. The van der Waals surface area contributed by atoms with Crippen molar-refractivity contribution in [1.29, 1.82) is 0 Å². The Bertz CT molecular complexity index is 889. The zero-order chi connectivity index (χ0) is 18.8. The molecule has 2 aliphatic heterocycles. The van der Waals surface area contributed by atoms with E-state index in [1.54, 1.807) is 29.2 Å². The zero-order valence-electron chi connectivity index (χ0n) is 14.4. The fraction of sp³-hybridized carbons (Fsp3) is 0.263. The van der Waals surface area contributed by atoms with Crippen LogP contribution in [0.3, 0.4) is 0 Å². The highest BCUT2D eigenvalue weighted by atomic mass is 19.1. The predicted octanol–water partition coefficient (Wildman–Crippen LogP) is 2.52. The van der Waals surface area contributed by atoms with Crippen LogP contribution in [0.5, 0.6) is 11.5 Å². The summed E-state index contributed by atoms with van der Waals surface area (Å²) < 4.78 is 24.2. The van der Waals surface area contributed by atoms with Crippen LogP contribution in [0.4, 0.5) is 20.6 Å². The number of carbonyl (C=O) groups is 2. The smallest absolute Gasteiger partial charge is 0.319 e. The van der Waals surface area contributed by atoms with Gasteiger partial charge in [-0.1, -0.05) is 6.07 Å². The van der Waals surface area contributed by atoms with Gasteiger partial charge in [0.15, 0.2) is 11.5 Å². The van der Waals surface area contributed by atoms with Crippen LogP contribution in [0, 0.1) is 5.82 Å². The quantitative estimate of drug-likeness (QED) is 0.869. The molecule has 3 amide bonds. The fourth-order valence-electron chi connectivity index (χ4n) is 3.17. The molecule has 2 N–H and O–H groups in total. The van der Waals surface area contributed by atoms with Gasteiger partial charge >= 0.3 is 6.03 Å². The third kappa shape index (κ3) is 3.79. The van der Waals surface area contributed by atoms with Gasteiger partial charge < -0.3 is 25.0 Å². The summed E-state index contributed by atoms with van der Waals surface area (Å²) in [4.78, 5) is 26.1. The number of halogens is 1. The highest BCUT2D eigenvalue weighted by Gasteiger charge is 2.32. The molecule has 2 aromatic carbocycles. The molecule has 1 unspecified atom stereocenters. The number of hydrogen-bond acceptors (Lipinski definition) is 4. The van der Waals surface area contributed by atoms with Crippen molar-refractivity contribution in [1.82, 2.24) is 5.32 Å². The van der Waals surface area contributed by atoms with Crippen molar-refractivity contribution in [3.63, 3.8) is 0 Å². The summed E-state index contributed by atoms with van der Waals surface area (Å²) in [6.07, 6.45) is 0.186. The average molecular weight is 371 g/mol. The van der Waals surface area contributed by atoms with E-state index in [4.69, 9.17) is 9.47 Å². The minimum Gasteiger partial charge on any atom is -0.486 e. The van der Waals surface area contributed by atoms with Gasteiger partial charge in [-0.15, -0.1) is 0 Å². The first kappa shape index (κ1) is 17.1. The van der Waals surface area contributed by atoms with E-state index in [0.29, 0.717) is 42.6 Å². The van der Waals surface area contributed by atoms with Crippen LogP contribution in [0.15, 0.2) is 42.5 Å². The normalized spacial score (nSPS) is 18.3. The number of carbonyl (C=O) groups excluding carboxylic acids is 2. The molecule has 0 aliphatic carbocycles. The van der Waals surface area contributed by atoms with E-state index in [1.165, 1.54) is 18.2 Å². The monoisotopic (exact) mass is 371 g/mol. The lowest BCUT2D eigenvalue weighted by Gasteiger charge is -2.22. The van der Waals surface area contributed by atoms with E-state index in [1.807, 2.05) is 0 Å². The van der Waals surface area contributed by atoms with Gasteiger partial charge in [-0.3, -0.25) is 4.79 Å². The summed E-state index contributed by atoms with van der Waals surface area (Å²) >= 11 is 0. The Morgan fingerprint density at radius 2 is 1.93 bits per heavy atom. The minimum atomic E-state index is -0.484. The molecule has 27 heavy (non-hydrogen) atoms. The van der Waals surface area contributed by atoms with E-state index < -0.39 is 11.8 Å². The Hall–Kier alpha value is -3.29. The van der Waals surface area contributed by atoms with Crippen molar-refractivity contribution >= 4 is 23.3 Å². The molecule has 2 aromatic rings. The lowest BCUT2D eigenvalue weighted by Crippen LogP contribution is -2.39.